The molecule has 0 spiro atoms. The molecular formula is C16H18F5NO2. The largest absolute Gasteiger partial charge is 0.419 e. The maximum absolute atomic E-state index is 13.6. The predicted octanol–water partition coefficient (Wildman–Crippen LogP) is 3.87. The average Bonchev–Trinajstić information content (AvgIpc) is 2.52. The minimum atomic E-state index is -2.32. The Morgan fingerprint density at radius 3 is 1.83 bits per heavy atom. The van der Waals surface area contributed by atoms with E-state index < -0.39 is 58.3 Å². The van der Waals surface area contributed by atoms with Crippen molar-refractivity contribution in [2.75, 3.05) is 0 Å². The number of halogens is 5. The van der Waals surface area contributed by atoms with E-state index in [0.29, 0.717) is 0 Å². The van der Waals surface area contributed by atoms with E-state index in [-0.39, 0.29) is 0 Å². The van der Waals surface area contributed by atoms with Crippen LogP contribution in [0.15, 0.2) is 12.7 Å². The fourth-order valence-electron chi connectivity index (χ4n) is 1.80. The summed E-state index contributed by atoms with van der Waals surface area (Å²) in [5.41, 5.74) is -0.732. The molecule has 1 atom stereocenters. The number of hydrogen-bond donors (Lipinski definition) is 1. The first kappa shape index (κ1) is 20.1. The minimum Gasteiger partial charge on any atom is -0.419 e. The van der Waals surface area contributed by atoms with Gasteiger partial charge in [-0.25, -0.2) is 18.0 Å². The van der Waals surface area contributed by atoms with Crippen LogP contribution < -0.4 is 10.1 Å². The number of carbonyl (C=O) groups is 1. The zero-order valence-corrected chi connectivity index (χ0v) is 13.6. The van der Waals surface area contributed by atoms with Gasteiger partial charge in [0.2, 0.25) is 34.8 Å². The Labute approximate surface area is 136 Å². The second kappa shape index (κ2) is 7.29. The Morgan fingerprint density at radius 2 is 1.46 bits per heavy atom. The molecule has 0 aliphatic rings. The summed E-state index contributed by atoms with van der Waals surface area (Å²) in [6.07, 6.45) is 1.49. The van der Waals surface area contributed by atoms with Crippen LogP contribution in [0.1, 0.15) is 27.7 Å². The lowest BCUT2D eigenvalue weighted by Crippen LogP contribution is -2.52. The lowest BCUT2D eigenvalue weighted by Gasteiger charge is -2.30. The third-order valence-corrected chi connectivity index (χ3v) is 3.33. The van der Waals surface area contributed by atoms with Gasteiger partial charge in [-0.1, -0.05) is 19.9 Å². The molecule has 1 rings (SSSR count). The molecule has 1 N–H and O–H groups in total. The van der Waals surface area contributed by atoms with Gasteiger partial charge >= 0.3 is 5.97 Å². The highest BCUT2D eigenvalue weighted by molar-refractivity contribution is 5.78. The molecule has 1 aromatic carbocycles. The van der Waals surface area contributed by atoms with E-state index in [2.05, 4.69) is 16.6 Å². The SMILES string of the molecule is C=CC(C)(C)N[C@H](C(=O)Oc1c(F)c(F)c(F)c(F)c1F)C(C)C. The normalized spacial score (nSPS) is 13.1. The Balaban J connectivity index is 3.20. The fourth-order valence-corrected chi connectivity index (χ4v) is 1.80. The molecule has 0 aliphatic heterocycles. The quantitative estimate of drug-likeness (QED) is 0.211. The Bertz CT molecular complexity index is 629. The first-order chi connectivity index (χ1) is 10.9. The molecule has 134 valence electrons. The van der Waals surface area contributed by atoms with Gasteiger partial charge in [0.15, 0.2) is 0 Å². The summed E-state index contributed by atoms with van der Waals surface area (Å²) >= 11 is 0. The number of benzene rings is 1. The molecule has 3 nitrogen and oxygen atoms in total. The molecule has 0 saturated heterocycles. The Hall–Kier alpha value is -1.96. The Morgan fingerprint density at radius 1 is 1.04 bits per heavy atom. The van der Waals surface area contributed by atoms with Crippen LogP contribution in [-0.4, -0.2) is 17.6 Å². The summed E-state index contributed by atoms with van der Waals surface area (Å²) in [6, 6.07) is -1.06. The van der Waals surface area contributed by atoms with Crippen LogP contribution in [0, 0.1) is 35.0 Å². The molecule has 0 aliphatic carbocycles. The molecule has 0 fully saturated rings. The molecule has 0 radical (unpaired) electrons. The van der Waals surface area contributed by atoms with Gasteiger partial charge in [0.1, 0.15) is 6.04 Å². The van der Waals surface area contributed by atoms with Crippen LogP contribution in [0.4, 0.5) is 22.0 Å². The number of carbonyl (C=O) groups excluding carboxylic acids is 1. The van der Waals surface area contributed by atoms with Crippen LogP contribution in [-0.2, 0) is 4.79 Å². The van der Waals surface area contributed by atoms with Gasteiger partial charge in [0.25, 0.3) is 0 Å². The number of nitrogens with one attached hydrogen (secondary N) is 1. The molecule has 8 heteroatoms. The molecule has 0 bridgehead atoms. The van der Waals surface area contributed by atoms with Crippen molar-refractivity contribution in [1.82, 2.24) is 5.32 Å². The van der Waals surface area contributed by atoms with Gasteiger partial charge in [0.05, 0.1) is 0 Å². The number of hydrogen-bond acceptors (Lipinski definition) is 3. The molecular weight excluding hydrogens is 333 g/mol. The van der Waals surface area contributed by atoms with Crippen LogP contribution >= 0.6 is 0 Å². The van der Waals surface area contributed by atoms with Crippen LogP contribution in [0.2, 0.25) is 0 Å². The first-order valence-electron chi connectivity index (χ1n) is 7.07. The molecule has 0 aromatic heterocycles. The highest BCUT2D eigenvalue weighted by Crippen LogP contribution is 2.29. The average molecular weight is 351 g/mol. The maximum Gasteiger partial charge on any atom is 0.329 e. The van der Waals surface area contributed by atoms with E-state index in [0.717, 1.165) is 0 Å². The zero-order valence-electron chi connectivity index (χ0n) is 13.6. The van der Waals surface area contributed by atoms with E-state index in [1.807, 2.05) is 0 Å². The highest BCUT2D eigenvalue weighted by Gasteiger charge is 2.33. The van der Waals surface area contributed by atoms with E-state index in [1.54, 1.807) is 27.7 Å². The summed E-state index contributed by atoms with van der Waals surface area (Å²) in [7, 11) is 0. The highest BCUT2D eigenvalue weighted by atomic mass is 19.2. The smallest absolute Gasteiger partial charge is 0.329 e. The molecule has 0 heterocycles. The van der Waals surface area contributed by atoms with Crippen molar-refractivity contribution < 1.29 is 31.5 Å². The summed E-state index contributed by atoms with van der Waals surface area (Å²) in [5, 5.41) is 2.84. The minimum absolute atomic E-state index is 0.391. The van der Waals surface area contributed by atoms with Crippen molar-refractivity contribution in [3.8, 4) is 5.75 Å². The third-order valence-electron chi connectivity index (χ3n) is 3.33. The second-order valence-electron chi connectivity index (χ2n) is 6.11. The van der Waals surface area contributed by atoms with Crippen molar-refractivity contribution in [1.29, 1.82) is 0 Å². The van der Waals surface area contributed by atoms with E-state index >= 15 is 0 Å². The van der Waals surface area contributed by atoms with Gasteiger partial charge in [-0.05, 0) is 19.8 Å². The number of ether oxygens (including phenoxy) is 1. The standard InChI is InChI=1S/C16H18F5NO2/c1-6-16(4,5)22-13(7(2)3)15(23)24-14-11(20)9(18)8(17)10(19)12(14)21/h6-7,13,22H,1H2,2-5H3/t13-/m0/s1. The summed E-state index contributed by atoms with van der Waals surface area (Å²) < 4.78 is 71.0. The van der Waals surface area contributed by atoms with E-state index in [9.17, 15) is 26.7 Å². The topological polar surface area (TPSA) is 38.3 Å². The lowest BCUT2D eigenvalue weighted by atomic mass is 9.98. The molecule has 1 aromatic rings. The maximum atomic E-state index is 13.6. The van der Waals surface area contributed by atoms with Crippen LogP contribution in [0.25, 0.3) is 0 Å². The number of esters is 1. The van der Waals surface area contributed by atoms with E-state index in [1.165, 1.54) is 6.08 Å². The monoisotopic (exact) mass is 351 g/mol. The van der Waals surface area contributed by atoms with Gasteiger partial charge in [-0.15, -0.1) is 6.58 Å². The summed E-state index contributed by atoms with van der Waals surface area (Å²) in [4.78, 5) is 12.2. The van der Waals surface area contributed by atoms with Gasteiger partial charge < -0.3 is 4.74 Å². The van der Waals surface area contributed by atoms with Crippen molar-refractivity contribution >= 4 is 5.97 Å². The fraction of sp³-hybridized carbons (Fsp3) is 0.438. The molecule has 0 amide bonds. The first-order valence-corrected chi connectivity index (χ1v) is 7.07. The predicted molar refractivity (Wildman–Crippen MR) is 77.9 cm³/mol. The zero-order chi connectivity index (χ0) is 18.8. The van der Waals surface area contributed by atoms with Crippen molar-refractivity contribution in [3.63, 3.8) is 0 Å². The van der Waals surface area contributed by atoms with Crippen molar-refractivity contribution in [2.24, 2.45) is 5.92 Å². The lowest BCUT2D eigenvalue weighted by molar-refractivity contribution is -0.138. The van der Waals surface area contributed by atoms with Crippen molar-refractivity contribution in [2.45, 2.75) is 39.3 Å². The molecule has 0 saturated carbocycles. The van der Waals surface area contributed by atoms with Crippen LogP contribution in [0.5, 0.6) is 5.75 Å². The van der Waals surface area contributed by atoms with Crippen molar-refractivity contribution in [3.05, 3.63) is 41.7 Å². The molecule has 0 unspecified atom stereocenters. The van der Waals surface area contributed by atoms with Gasteiger partial charge in [-0.2, -0.15) is 8.78 Å². The Kier molecular flexibility index (Phi) is 6.10. The van der Waals surface area contributed by atoms with E-state index in [4.69, 9.17) is 0 Å². The number of rotatable bonds is 6. The summed E-state index contributed by atoms with van der Waals surface area (Å²) in [5.74, 6) is -14.3. The third kappa shape index (κ3) is 4.11. The van der Waals surface area contributed by atoms with Gasteiger partial charge in [-0.3, -0.25) is 5.32 Å². The van der Waals surface area contributed by atoms with Gasteiger partial charge in [0, 0.05) is 5.54 Å². The summed E-state index contributed by atoms with van der Waals surface area (Å²) in [6.45, 7) is 10.2. The molecule has 24 heavy (non-hydrogen) atoms. The second-order valence-corrected chi connectivity index (χ2v) is 6.11. The van der Waals surface area contributed by atoms with Crippen LogP contribution in [0.3, 0.4) is 0 Å².